The molecule has 0 atom stereocenters. The Morgan fingerprint density at radius 2 is 1.65 bits per heavy atom. The van der Waals surface area contributed by atoms with Gasteiger partial charge in [0, 0.05) is 27.7 Å². The van der Waals surface area contributed by atoms with Crippen molar-refractivity contribution in [2.24, 2.45) is 11.5 Å². The number of nitrogen functional groups attached to an aromatic ring is 2. The third-order valence-corrected chi connectivity index (χ3v) is 4.75. The largest absolute Gasteiger partial charge is 0.468 e. The number of carbonyl (C=O) groups is 1. The summed E-state index contributed by atoms with van der Waals surface area (Å²) in [4.78, 5) is 14.7. The molecule has 166 valence electrons. The molecule has 8 N–H and O–H groups in total. The Hall–Kier alpha value is -3.07. The van der Waals surface area contributed by atoms with E-state index in [1.807, 2.05) is 42.5 Å². The van der Waals surface area contributed by atoms with Crippen LogP contribution in [0.15, 0.2) is 42.5 Å². The fraction of sp³-hybridized carbons (Fsp3) is 0.190. The zero-order valence-electron chi connectivity index (χ0n) is 17.0. The number of H-pyrrole nitrogens is 1. The number of hydrogen-bond acceptors (Lipinski definition) is 5. The molecule has 0 aliphatic heterocycles. The summed E-state index contributed by atoms with van der Waals surface area (Å²) in [6.45, 7) is 0.741. The van der Waals surface area contributed by atoms with Gasteiger partial charge >= 0.3 is 5.97 Å². The van der Waals surface area contributed by atoms with Gasteiger partial charge in [-0.15, -0.1) is 24.8 Å². The number of carbonyl (C=O) groups excluding carboxylic acids is 1. The Morgan fingerprint density at radius 3 is 2.23 bits per heavy atom. The number of aromatic amines is 1. The molecule has 1 heterocycles. The number of nitrogens with one attached hydrogen (secondary N) is 4. The highest BCUT2D eigenvalue weighted by molar-refractivity contribution is 6.01. The minimum absolute atomic E-state index is 0. The lowest BCUT2D eigenvalue weighted by molar-refractivity contribution is -0.139. The van der Waals surface area contributed by atoms with Crippen molar-refractivity contribution >= 4 is 53.4 Å². The highest BCUT2D eigenvalue weighted by Gasteiger charge is 2.14. The Morgan fingerprint density at radius 1 is 1.03 bits per heavy atom. The van der Waals surface area contributed by atoms with Crippen LogP contribution in [0.1, 0.15) is 16.7 Å². The van der Waals surface area contributed by atoms with Crippen LogP contribution in [-0.4, -0.2) is 42.8 Å². The molecule has 10 heteroatoms. The molecule has 0 radical (unpaired) electrons. The van der Waals surface area contributed by atoms with Crippen molar-refractivity contribution in [3.8, 4) is 11.3 Å². The molecular formula is C21H26Cl2N6O2. The molecule has 8 nitrogen and oxygen atoms in total. The van der Waals surface area contributed by atoms with Crippen LogP contribution < -0.4 is 16.8 Å². The first-order valence-corrected chi connectivity index (χ1v) is 9.12. The molecule has 0 aliphatic rings. The van der Waals surface area contributed by atoms with Crippen molar-refractivity contribution in [2.45, 2.75) is 6.42 Å². The average molecular weight is 465 g/mol. The van der Waals surface area contributed by atoms with Crippen LogP contribution in [0.25, 0.3) is 22.2 Å². The number of ether oxygens (including phenoxy) is 1. The zero-order valence-corrected chi connectivity index (χ0v) is 18.6. The summed E-state index contributed by atoms with van der Waals surface area (Å²) in [7, 11) is 1.36. The van der Waals surface area contributed by atoms with E-state index in [9.17, 15) is 4.79 Å². The molecule has 0 fully saturated rings. The van der Waals surface area contributed by atoms with E-state index in [0.29, 0.717) is 24.1 Å². The average Bonchev–Trinajstić information content (AvgIpc) is 3.08. The number of rotatable bonds is 8. The van der Waals surface area contributed by atoms with Crippen molar-refractivity contribution in [3.63, 3.8) is 0 Å². The topological polar surface area (TPSA) is 154 Å². The molecule has 0 spiro atoms. The maximum atomic E-state index is 11.3. The predicted octanol–water partition coefficient (Wildman–Crippen LogP) is 2.55. The number of nitrogens with two attached hydrogens (primary N) is 2. The SMILES string of the molecule is COC(=O)CNCCc1c(-c2ccc(C(=N)N)cc2)[nH]c2cc(C(=N)N)ccc12.Cl.Cl. The van der Waals surface area contributed by atoms with Gasteiger partial charge < -0.3 is 26.5 Å². The van der Waals surface area contributed by atoms with Crippen molar-refractivity contribution in [1.82, 2.24) is 10.3 Å². The smallest absolute Gasteiger partial charge is 0.319 e. The van der Waals surface area contributed by atoms with E-state index in [4.69, 9.17) is 22.3 Å². The number of halogens is 2. The van der Waals surface area contributed by atoms with Crippen LogP contribution in [0.2, 0.25) is 0 Å². The third kappa shape index (κ3) is 5.97. The number of aromatic nitrogens is 1. The summed E-state index contributed by atoms with van der Waals surface area (Å²) in [6.07, 6.45) is 0.681. The van der Waals surface area contributed by atoms with Gasteiger partial charge in [-0.1, -0.05) is 36.4 Å². The molecule has 0 aliphatic carbocycles. The molecule has 3 aromatic rings. The first kappa shape index (κ1) is 26.0. The highest BCUT2D eigenvalue weighted by Crippen LogP contribution is 2.31. The van der Waals surface area contributed by atoms with Crippen molar-refractivity contribution in [3.05, 3.63) is 59.2 Å². The summed E-state index contributed by atoms with van der Waals surface area (Å²) >= 11 is 0. The second-order valence-corrected chi connectivity index (χ2v) is 6.65. The van der Waals surface area contributed by atoms with Gasteiger partial charge in [-0.3, -0.25) is 15.6 Å². The quantitative estimate of drug-likeness (QED) is 0.131. The zero-order chi connectivity index (χ0) is 21.0. The maximum absolute atomic E-state index is 11.3. The monoisotopic (exact) mass is 464 g/mol. The van der Waals surface area contributed by atoms with E-state index >= 15 is 0 Å². The Balaban J connectivity index is 0.00000240. The maximum Gasteiger partial charge on any atom is 0.319 e. The van der Waals surface area contributed by atoms with Crippen LogP contribution >= 0.6 is 24.8 Å². The molecule has 0 amide bonds. The molecule has 0 saturated carbocycles. The second-order valence-electron chi connectivity index (χ2n) is 6.65. The molecule has 31 heavy (non-hydrogen) atoms. The van der Waals surface area contributed by atoms with Gasteiger partial charge in [-0.05, 0) is 30.2 Å². The summed E-state index contributed by atoms with van der Waals surface area (Å²) < 4.78 is 4.65. The van der Waals surface area contributed by atoms with E-state index < -0.39 is 0 Å². The lowest BCUT2D eigenvalue weighted by atomic mass is 10.0. The van der Waals surface area contributed by atoms with Gasteiger partial charge in [-0.25, -0.2) is 0 Å². The first-order chi connectivity index (χ1) is 13.9. The summed E-state index contributed by atoms with van der Waals surface area (Å²) in [5.41, 5.74) is 16.3. The summed E-state index contributed by atoms with van der Waals surface area (Å²) in [5.74, 6) is -0.281. The normalized spacial score (nSPS) is 10.1. The second kappa shape index (κ2) is 11.4. The number of benzene rings is 2. The van der Waals surface area contributed by atoms with E-state index in [0.717, 1.165) is 27.7 Å². The van der Waals surface area contributed by atoms with Crippen molar-refractivity contribution < 1.29 is 9.53 Å². The van der Waals surface area contributed by atoms with Crippen molar-refractivity contribution in [2.75, 3.05) is 20.2 Å². The van der Waals surface area contributed by atoms with Crippen molar-refractivity contribution in [1.29, 1.82) is 10.8 Å². The van der Waals surface area contributed by atoms with Crippen LogP contribution in [0.3, 0.4) is 0 Å². The first-order valence-electron chi connectivity index (χ1n) is 9.12. The van der Waals surface area contributed by atoms with E-state index in [-0.39, 0.29) is 49.0 Å². The number of methoxy groups -OCH3 is 1. The van der Waals surface area contributed by atoms with Gasteiger partial charge in [0.25, 0.3) is 0 Å². The molecule has 1 aromatic heterocycles. The number of esters is 1. The van der Waals surface area contributed by atoms with Crippen LogP contribution in [0.5, 0.6) is 0 Å². The number of fused-ring (bicyclic) bond motifs is 1. The predicted molar refractivity (Wildman–Crippen MR) is 129 cm³/mol. The third-order valence-electron chi connectivity index (χ3n) is 4.75. The van der Waals surface area contributed by atoms with Crippen LogP contribution in [0, 0.1) is 10.8 Å². The fourth-order valence-corrected chi connectivity index (χ4v) is 3.22. The fourth-order valence-electron chi connectivity index (χ4n) is 3.22. The molecule has 0 unspecified atom stereocenters. The molecule has 0 bridgehead atoms. The highest BCUT2D eigenvalue weighted by atomic mass is 35.5. The lowest BCUT2D eigenvalue weighted by Crippen LogP contribution is -2.25. The number of amidine groups is 2. The van der Waals surface area contributed by atoms with Gasteiger partial charge in [0.2, 0.25) is 0 Å². The van der Waals surface area contributed by atoms with Gasteiger partial charge in [0.1, 0.15) is 11.7 Å². The minimum atomic E-state index is -0.310. The van der Waals surface area contributed by atoms with E-state index in [1.165, 1.54) is 7.11 Å². The number of hydrogen-bond donors (Lipinski definition) is 6. The van der Waals surface area contributed by atoms with Crippen LogP contribution in [-0.2, 0) is 16.0 Å². The van der Waals surface area contributed by atoms with Gasteiger partial charge in [-0.2, -0.15) is 0 Å². The van der Waals surface area contributed by atoms with E-state index in [1.54, 1.807) is 0 Å². The van der Waals surface area contributed by atoms with Crippen LogP contribution in [0.4, 0.5) is 0 Å². The minimum Gasteiger partial charge on any atom is -0.468 e. The Labute approximate surface area is 192 Å². The van der Waals surface area contributed by atoms with E-state index in [2.05, 4.69) is 15.0 Å². The lowest BCUT2D eigenvalue weighted by Gasteiger charge is -2.08. The van der Waals surface area contributed by atoms with Gasteiger partial charge in [0.15, 0.2) is 0 Å². The Kier molecular flexibility index (Phi) is 9.51. The molecule has 0 saturated heterocycles. The molecule has 3 rings (SSSR count). The van der Waals surface area contributed by atoms with Gasteiger partial charge in [0.05, 0.1) is 13.7 Å². The Bertz CT molecular complexity index is 1080. The molecule has 2 aromatic carbocycles. The molecular weight excluding hydrogens is 439 g/mol. The summed E-state index contributed by atoms with van der Waals surface area (Å²) in [5, 5.41) is 19.3. The summed E-state index contributed by atoms with van der Waals surface area (Å²) in [6, 6.07) is 13.1. The standard InChI is InChI=1S/C21H24N6O2.2ClH/c1-29-18(28)11-26-9-8-16-15-7-6-14(21(24)25)10-17(15)27-19(16)12-2-4-13(5-3-12)20(22)23;;/h2-7,10,26-27H,8-9,11H2,1H3,(H3,22,23)(H3,24,25);2*1H.